The molecule has 1 aliphatic carbocycles. The van der Waals surface area contributed by atoms with Gasteiger partial charge in [-0.25, -0.2) is 4.79 Å². The van der Waals surface area contributed by atoms with Gasteiger partial charge in [0.25, 0.3) is 0 Å². The second kappa shape index (κ2) is 12.2. The summed E-state index contributed by atoms with van der Waals surface area (Å²) >= 11 is 1.66. The Bertz CT molecular complexity index is 1290. The molecule has 1 amide bonds. The van der Waals surface area contributed by atoms with Crippen LogP contribution in [0.15, 0.2) is 48.5 Å². The SMILES string of the molecule is CCCCC(=O)N(Cc1ccc2sc(-c3ccccc3C#N)cc2c1)CC1(OC(=O)OCC)CCCC1. The number of rotatable bonds is 10. The van der Waals surface area contributed by atoms with Gasteiger partial charge in [0.15, 0.2) is 0 Å². The van der Waals surface area contributed by atoms with Crippen molar-refractivity contribution in [3.05, 3.63) is 59.7 Å². The first kappa shape index (κ1) is 26.7. The molecule has 1 aliphatic rings. The molecule has 1 fully saturated rings. The van der Waals surface area contributed by atoms with E-state index in [1.54, 1.807) is 18.3 Å². The smallest absolute Gasteiger partial charge is 0.435 e. The van der Waals surface area contributed by atoms with E-state index in [0.717, 1.165) is 64.6 Å². The van der Waals surface area contributed by atoms with E-state index in [9.17, 15) is 14.9 Å². The van der Waals surface area contributed by atoms with Crippen molar-refractivity contribution in [1.82, 2.24) is 4.90 Å². The lowest BCUT2D eigenvalue weighted by atomic mass is 10.00. The van der Waals surface area contributed by atoms with Gasteiger partial charge in [0.1, 0.15) is 5.60 Å². The van der Waals surface area contributed by atoms with E-state index in [2.05, 4.69) is 37.3 Å². The average molecular weight is 519 g/mol. The van der Waals surface area contributed by atoms with Crippen molar-refractivity contribution in [2.45, 2.75) is 70.9 Å². The zero-order chi connectivity index (χ0) is 26.3. The Labute approximate surface area is 222 Å². The molecule has 0 spiro atoms. The molecule has 0 unspecified atom stereocenters. The highest BCUT2D eigenvalue weighted by Crippen LogP contribution is 2.37. The quantitative estimate of drug-likeness (QED) is 0.261. The summed E-state index contributed by atoms with van der Waals surface area (Å²) in [6.07, 6.45) is 4.97. The van der Waals surface area contributed by atoms with Gasteiger partial charge in [-0.1, -0.05) is 37.6 Å². The number of unbranched alkanes of at least 4 members (excludes halogenated alkanes) is 1. The number of carbonyl (C=O) groups excluding carboxylic acids is 2. The summed E-state index contributed by atoms with van der Waals surface area (Å²) < 4.78 is 12.0. The molecule has 0 atom stereocenters. The van der Waals surface area contributed by atoms with Crippen LogP contribution in [0.1, 0.15) is 69.9 Å². The summed E-state index contributed by atoms with van der Waals surface area (Å²) in [6.45, 7) is 4.92. The lowest BCUT2D eigenvalue weighted by Gasteiger charge is -2.35. The third-order valence-electron chi connectivity index (χ3n) is 6.92. The highest BCUT2D eigenvalue weighted by Gasteiger charge is 2.41. The maximum Gasteiger partial charge on any atom is 0.508 e. The second-order valence-electron chi connectivity index (χ2n) is 9.67. The fourth-order valence-corrected chi connectivity index (χ4v) is 6.12. The number of amides is 1. The van der Waals surface area contributed by atoms with E-state index >= 15 is 0 Å². The fourth-order valence-electron chi connectivity index (χ4n) is 5.04. The maximum atomic E-state index is 13.3. The van der Waals surface area contributed by atoms with Crippen molar-refractivity contribution in [2.75, 3.05) is 13.2 Å². The van der Waals surface area contributed by atoms with Crippen LogP contribution in [0, 0.1) is 11.3 Å². The number of hydrogen-bond acceptors (Lipinski definition) is 6. The number of ether oxygens (including phenoxy) is 2. The predicted molar refractivity (Wildman–Crippen MR) is 146 cm³/mol. The molecule has 0 saturated heterocycles. The molecule has 0 N–H and O–H groups in total. The topological polar surface area (TPSA) is 79.6 Å². The van der Waals surface area contributed by atoms with Crippen molar-refractivity contribution in [3.63, 3.8) is 0 Å². The van der Waals surface area contributed by atoms with Crippen molar-refractivity contribution < 1.29 is 19.1 Å². The Hall–Kier alpha value is -3.37. The molecule has 0 aliphatic heterocycles. The molecular weight excluding hydrogens is 484 g/mol. The van der Waals surface area contributed by atoms with Crippen molar-refractivity contribution in [2.24, 2.45) is 0 Å². The van der Waals surface area contributed by atoms with Crippen LogP contribution >= 0.6 is 11.3 Å². The maximum absolute atomic E-state index is 13.3. The largest absolute Gasteiger partial charge is 0.508 e. The molecule has 3 aromatic rings. The number of benzene rings is 2. The van der Waals surface area contributed by atoms with Crippen LogP contribution in [0.4, 0.5) is 4.79 Å². The van der Waals surface area contributed by atoms with Gasteiger partial charge in [-0.3, -0.25) is 4.79 Å². The van der Waals surface area contributed by atoms with Gasteiger partial charge in [0.05, 0.1) is 24.8 Å². The molecule has 1 saturated carbocycles. The highest BCUT2D eigenvalue weighted by atomic mass is 32.1. The molecular formula is C30H34N2O4S. The highest BCUT2D eigenvalue weighted by molar-refractivity contribution is 7.22. The van der Waals surface area contributed by atoms with Crippen LogP contribution in [0.2, 0.25) is 0 Å². The van der Waals surface area contributed by atoms with E-state index in [0.29, 0.717) is 25.1 Å². The normalized spacial score (nSPS) is 14.3. The van der Waals surface area contributed by atoms with Crippen molar-refractivity contribution in [3.8, 4) is 16.5 Å². The zero-order valence-corrected chi connectivity index (χ0v) is 22.4. The van der Waals surface area contributed by atoms with Crippen LogP contribution in [0.5, 0.6) is 0 Å². The lowest BCUT2D eigenvalue weighted by molar-refractivity contribution is -0.136. The third-order valence-corrected chi connectivity index (χ3v) is 8.07. The molecule has 7 heteroatoms. The van der Waals surface area contributed by atoms with E-state index in [4.69, 9.17) is 9.47 Å². The molecule has 1 aromatic heterocycles. The molecule has 0 bridgehead atoms. The summed E-state index contributed by atoms with van der Waals surface area (Å²) in [7, 11) is 0. The minimum atomic E-state index is -0.700. The van der Waals surface area contributed by atoms with Gasteiger partial charge in [-0.05, 0) is 74.2 Å². The Morgan fingerprint density at radius 3 is 2.62 bits per heavy atom. The van der Waals surface area contributed by atoms with E-state index in [1.807, 2.05) is 29.2 Å². The van der Waals surface area contributed by atoms with Crippen molar-refractivity contribution >= 4 is 33.5 Å². The van der Waals surface area contributed by atoms with E-state index in [1.165, 1.54) is 0 Å². The molecule has 6 nitrogen and oxygen atoms in total. The molecule has 194 valence electrons. The second-order valence-corrected chi connectivity index (χ2v) is 10.8. The van der Waals surface area contributed by atoms with Crippen molar-refractivity contribution in [1.29, 1.82) is 5.26 Å². The van der Waals surface area contributed by atoms with Gasteiger partial charge in [0, 0.05) is 28.1 Å². The summed E-state index contributed by atoms with van der Waals surface area (Å²) in [6, 6.07) is 18.3. The third kappa shape index (κ3) is 6.50. The number of nitrogens with zero attached hydrogens (tertiary/aromatic N) is 2. The Morgan fingerprint density at radius 2 is 1.89 bits per heavy atom. The number of carbonyl (C=O) groups is 2. The molecule has 0 radical (unpaired) electrons. The monoisotopic (exact) mass is 518 g/mol. The van der Waals surface area contributed by atoms with Gasteiger partial charge >= 0.3 is 6.16 Å². The summed E-state index contributed by atoms with van der Waals surface area (Å²) in [5.74, 6) is 0.0784. The summed E-state index contributed by atoms with van der Waals surface area (Å²) in [4.78, 5) is 28.4. The van der Waals surface area contributed by atoms with Crippen LogP contribution in [0.25, 0.3) is 20.5 Å². The predicted octanol–water partition coefficient (Wildman–Crippen LogP) is 7.44. The molecule has 4 rings (SSSR count). The van der Waals surface area contributed by atoms with E-state index < -0.39 is 11.8 Å². The number of thiophene rings is 1. The van der Waals surface area contributed by atoms with Gasteiger partial charge in [0.2, 0.25) is 5.91 Å². The minimum Gasteiger partial charge on any atom is -0.435 e. The van der Waals surface area contributed by atoms with Crippen LogP contribution in [0.3, 0.4) is 0 Å². The molecule has 37 heavy (non-hydrogen) atoms. The Kier molecular flexibility index (Phi) is 8.83. The molecule has 1 heterocycles. The minimum absolute atomic E-state index is 0.0784. The summed E-state index contributed by atoms with van der Waals surface area (Å²) in [5.41, 5.74) is 1.92. The number of nitriles is 1. The first-order valence-electron chi connectivity index (χ1n) is 13.1. The van der Waals surface area contributed by atoms with Gasteiger partial charge in [-0.15, -0.1) is 11.3 Å². The van der Waals surface area contributed by atoms with E-state index in [-0.39, 0.29) is 12.5 Å². The van der Waals surface area contributed by atoms with Crippen LogP contribution < -0.4 is 0 Å². The van der Waals surface area contributed by atoms with Gasteiger partial charge in [-0.2, -0.15) is 5.26 Å². The Morgan fingerprint density at radius 1 is 1.11 bits per heavy atom. The number of fused-ring (bicyclic) bond motifs is 1. The zero-order valence-electron chi connectivity index (χ0n) is 21.6. The number of hydrogen-bond donors (Lipinski definition) is 0. The summed E-state index contributed by atoms with van der Waals surface area (Å²) in [5, 5.41) is 10.6. The lowest BCUT2D eigenvalue weighted by Crippen LogP contribution is -2.46. The first-order chi connectivity index (χ1) is 18.0. The standard InChI is InChI=1S/C30H34N2O4S/c1-3-5-12-28(33)32(21-30(15-8-9-16-30)36-29(34)35-4-2)20-22-13-14-26-24(17-22)18-27(37-26)25-11-7-6-10-23(25)19-31/h6-7,10-11,13-14,17-18H,3-5,8-9,12,15-16,20-21H2,1-2H3. The van der Waals surface area contributed by atoms with Crippen LogP contribution in [-0.4, -0.2) is 35.7 Å². The first-order valence-corrected chi connectivity index (χ1v) is 13.9. The fraction of sp³-hybridized carbons (Fsp3) is 0.433. The average Bonchev–Trinajstić information content (AvgIpc) is 3.53. The van der Waals surface area contributed by atoms with Gasteiger partial charge < -0.3 is 14.4 Å². The molecule has 2 aromatic carbocycles. The van der Waals surface area contributed by atoms with Crippen LogP contribution in [-0.2, 0) is 20.8 Å². The Balaban J connectivity index is 1.59.